The first-order chi connectivity index (χ1) is 8.57. The fourth-order valence-corrected chi connectivity index (χ4v) is 1.64. The summed E-state index contributed by atoms with van der Waals surface area (Å²) in [4.78, 5) is 23.1. The summed E-state index contributed by atoms with van der Waals surface area (Å²) < 4.78 is 4.93. The van der Waals surface area contributed by atoms with Gasteiger partial charge in [-0.3, -0.25) is 9.59 Å². The number of hydrogen-bond acceptors (Lipinski definition) is 4. The molecule has 1 amide bonds. The van der Waals surface area contributed by atoms with Crippen molar-refractivity contribution in [2.45, 2.75) is 25.3 Å². The minimum absolute atomic E-state index is 0.285. The van der Waals surface area contributed by atoms with E-state index in [1.165, 1.54) is 0 Å². The molecule has 2 atom stereocenters. The molecular weight excluding hydrogens is 232 g/mol. The minimum atomic E-state index is -1.07. The van der Waals surface area contributed by atoms with E-state index in [-0.39, 0.29) is 6.61 Å². The van der Waals surface area contributed by atoms with Crippen LogP contribution in [0.1, 0.15) is 24.8 Å². The first-order valence-electron chi connectivity index (χ1n) is 5.84. The van der Waals surface area contributed by atoms with Gasteiger partial charge < -0.3 is 16.2 Å². The third kappa shape index (κ3) is 3.56. The van der Waals surface area contributed by atoms with Crippen LogP contribution in [-0.2, 0) is 14.3 Å². The summed E-state index contributed by atoms with van der Waals surface area (Å²) in [5, 5.41) is 0. The summed E-state index contributed by atoms with van der Waals surface area (Å²) in [6, 6.07) is 7.68. The molecular formula is C13H18N2O3. The summed E-state index contributed by atoms with van der Waals surface area (Å²) in [6.07, 6.45) is 0.699. The van der Waals surface area contributed by atoms with Gasteiger partial charge in [-0.1, -0.05) is 37.3 Å². The fraction of sp³-hybridized carbons (Fsp3) is 0.385. The SMILES string of the molecule is CCCOC(=O)[C@@H](N)C(C(N)=O)c1ccccc1. The standard InChI is InChI=1S/C13H18N2O3/c1-2-8-18-13(17)11(14)10(12(15)16)9-6-4-3-5-7-9/h3-7,10-11H,2,8,14H2,1H3,(H2,15,16)/t10?,11-/m0/s1. The molecule has 1 rings (SSSR count). The fourth-order valence-electron chi connectivity index (χ4n) is 1.64. The quantitative estimate of drug-likeness (QED) is 0.720. The number of primary amides is 1. The normalized spacial score (nSPS) is 13.7. The third-order valence-corrected chi connectivity index (χ3v) is 2.54. The number of ether oxygens (including phenoxy) is 1. The zero-order valence-electron chi connectivity index (χ0n) is 10.3. The van der Waals surface area contributed by atoms with Gasteiger partial charge in [0.25, 0.3) is 0 Å². The molecule has 0 radical (unpaired) electrons. The molecule has 5 nitrogen and oxygen atoms in total. The van der Waals surface area contributed by atoms with Crippen molar-refractivity contribution in [3.05, 3.63) is 35.9 Å². The van der Waals surface area contributed by atoms with Crippen LogP contribution >= 0.6 is 0 Å². The van der Waals surface area contributed by atoms with E-state index in [0.29, 0.717) is 12.0 Å². The maximum atomic E-state index is 11.7. The van der Waals surface area contributed by atoms with Crippen LogP contribution in [0.5, 0.6) is 0 Å². The van der Waals surface area contributed by atoms with Crippen molar-refractivity contribution in [1.29, 1.82) is 0 Å². The van der Waals surface area contributed by atoms with E-state index in [9.17, 15) is 9.59 Å². The Kier molecular flexibility index (Phi) is 5.32. The Morgan fingerprint density at radius 1 is 1.28 bits per heavy atom. The van der Waals surface area contributed by atoms with Crippen LogP contribution in [-0.4, -0.2) is 24.5 Å². The Morgan fingerprint density at radius 2 is 1.89 bits per heavy atom. The molecule has 1 unspecified atom stereocenters. The summed E-state index contributed by atoms with van der Waals surface area (Å²) in [7, 11) is 0. The Labute approximate surface area is 106 Å². The van der Waals surface area contributed by atoms with Crippen molar-refractivity contribution < 1.29 is 14.3 Å². The van der Waals surface area contributed by atoms with E-state index in [1.807, 2.05) is 13.0 Å². The number of rotatable bonds is 6. The van der Waals surface area contributed by atoms with Gasteiger partial charge in [0.05, 0.1) is 12.5 Å². The first-order valence-corrected chi connectivity index (χ1v) is 5.84. The van der Waals surface area contributed by atoms with Crippen molar-refractivity contribution in [2.24, 2.45) is 11.5 Å². The van der Waals surface area contributed by atoms with E-state index in [2.05, 4.69) is 0 Å². The van der Waals surface area contributed by atoms with Crippen molar-refractivity contribution >= 4 is 11.9 Å². The van der Waals surface area contributed by atoms with Gasteiger partial charge in [-0.05, 0) is 12.0 Å². The van der Waals surface area contributed by atoms with E-state index in [0.717, 1.165) is 0 Å². The topological polar surface area (TPSA) is 95.4 Å². The highest BCUT2D eigenvalue weighted by molar-refractivity contribution is 5.90. The second-order valence-electron chi connectivity index (χ2n) is 3.98. The Balaban J connectivity index is 2.86. The molecule has 0 aliphatic rings. The molecule has 5 heteroatoms. The molecule has 0 aromatic heterocycles. The Hall–Kier alpha value is -1.88. The van der Waals surface area contributed by atoms with Crippen LogP contribution in [0.15, 0.2) is 30.3 Å². The van der Waals surface area contributed by atoms with Crippen LogP contribution in [0.4, 0.5) is 0 Å². The van der Waals surface area contributed by atoms with Gasteiger partial charge in [0.15, 0.2) is 0 Å². The van der Waals surface area contributed by atoms with Crippen molar-refractivity contribution in [2.75, 3.05) is 6.61 Å². The second-order valence-corrected chi connectivity index (χ2v) is 3.98. The molecule has 0 saturated heterocycles. The lowest BCUT2D eigenvalue weighted by Gasteiger charge is -2.20. The van der Waals surface area contributed by atoms with Gasteiger partial charge in [-0.2, -0.15) is 0 Å². The smallest absolute Gasteiger partial charge is 0.324 e. The number of amides is 1. The highest BCUT2D eigenvalue weighted by atomic mass is 16.5. The second kappa shape index (κ2) is 6.76. The Morgan fingerprint density at radius 3 is 2.39 bits per heavy atom. The lowest BCUT2D eigenvalue weighted by molar-refractivity contribution is -0.147. The monoisotopic (exact) mass is 250 g/mol. The zero-order valence-corrected chi connectivity index (χ0v) is 10.3. The highest BCUT2D eigenvalue weighted by Crippen LogP contribution is 2.19. The number of benzene rings is 1. The molecule has 0 saturated carbocycles. The molecule has 0 aliphatic carbocycles. The number of hydrogen-bond donors (Lipinski definition) is 2. The molecule has 1 aromatic carbocycles. The van der Waals surface area contributed by atoms with Crippen LogP contribution in [0, 0.1) is 0 Å². The predicted octanol–water partition coefficient (Wildman–Crippen LogP) is 0.536. The number of esters is 1. The van der Waals surface area contributed by atoms with Crippen LogP contribution < -0.4 is 11.5 Å². The van der Waals surface area contributed by atoms with Crippen molar-refractivity contribution in [1.82, 2.24) is 0 Å². The van der Waals surface area contributed by atoms with Gasteiger partial charge in [0.1, 0.15) is 6.04 Å². The minimum Gasteiger partial charge on any atom is -0.465 e. The molecule has 0 fully saturated rings. The summed E-state index contributed by atoms with van der Waals surface area (Å²) in [5.41, 5.74) is 11.7. The molecule has 0 spiro atoms. The summed E-state index contributed by atoms with van der Waals surface area (Å²) in [5.74, 6) is -2.11. The van der Waals surface area contributed by atoms with Gasteiger partial charge >= 0.3 is 5.97 Å². The molecule has 1 aromatic rings. The lowest BCUT2D eigenvalue weighted by atomic mass is 9.91. The Bertz CT molecular complexity index is 406. The van der Waals surface area contributed by atoms with Crippen LogP contribution in [0.25, 0.3) is 0 Å². The maximum Gasteiger partial charge on any atom is 0.324 e. The molecule has 0 heterocycles. The number of nitrogens with two attached hydrogens (primary N) is 2. The molecule has 0 bridgehead atoms. The van der Waals surface area contributed by atoms with E-state index >= 15 is 0 Å². The summed E-state index contributed by atoms with van der Waals surface area (Å²) in [6.45, 7) is 2.16. The van der Waals surface area contributed by atoms with Gasteiger partial charge in [0.2, 0.25) is 5.91 Å². The predicted molar refractivity (Wildman–Crippen MR) is 67.6 cm³/mol. The molecule has 0 aliphatic heterocycles. The van der Waals surface area contributed by atoms with Crippen molar-refractivity contribution in [3.8, 4) is 0 Å². The third-order valence-electron chi connectivity index (χ3n) is 2.54. The summed E-state index contributed by atoms with van der Waals surface area (Å²) >= 11 is 0. The number of carbonyl (C=O) groups is 2. The van der Waals surface area contributed by atoms with Crippen molar-refractivity contribution in [3.63, 3.8) is 0 Å². The lowest BCUT2D eigenvalue weighted by Crippen LogP contribution is -2.44. The molecule has 4 N–H and O–H groups in total. The average Bonchev–Trinajstić information content (AvgIpc) is 2.36. The van der Waals surface area contributed by atoms with Crippen LogP contribution in [0.3, 0.4) is 0 Å². The first kappa shape index (κ1) is 14.2. The van der Waals surface area contributed by atoms with E-state index in [1.54, 1.807) is 24.3 Å². The zero-order chi connectivity index (χ0) is 13.5. The molecule has 98 valence electrons. The van der Waals surface area contributed by atoms with Gasteiger partial charge in [-0.25, -0.2) is 0 Å². The maximum absolute atomic E-state index is 11.7. The highest BCUT2D eigenvalue weighted by Gasteiger charge is 2.31. The van der Waals surface area contributed by atoms with E-state index < -0.39 is 23.8 Å². The molecule has 18 heavy (non-hydrogen) atoms. The average molecular weight is 250 g/mol. The van der Waals surface area contributed by atoms with Crippen LogP contribution in [0.2, 0.25) is 0 Å². The van der Waals surface area contributed by atoms with E-state index in [4.69, 9.17) is 16.2 Å². The number of carbonyl (C=O) groups excluding carboxylic acids is 2. The largest absolute Gasteiger partial charge is 0.465 e. The van der Waals surface area contributed by atoms with Gasteiger partial charge in [-0.15, -0.1) is 0 Å². The van der Waals surface area contributed by atoms with Gasteiger partial charge in [0, 0.05) is 0 Å².